The molecule has 0 saturated heterocycles. The van der Waals surface area contributed by atoms with Crippen molar-refractivity contribution >= 4 is 11.6 Å². The highest BCUT2D eigenvalue weighted by atomic mass is 16.7. The van der Waals surface area contributed by atoms with Gasteiger partial charge >= 0.3 is 0 Å². The molecule has 3 aliphatic rings. The number of aliphatic hydroxyl groups is 3. The molecule has 11 nitrogen and oxygen atoms in total. The van der Waals surface area contributed by atoms with Gasteiger partial charge in [-0.05, 0) is 88.5 Å². The van der Waals surface area contributed by atoms with Crippen LogP contribution in [0, 0.1) is 17.8 Å². The summed E-state index contributed by atoms with van der Waals surface area (Å²) < 4.78 is 26.5. The predicted octanol–water partition coefficient (Wildman–Crippen LogP) is 9.44. The summed E-state index contributed by atoms with van der Waals surface area (Å²) in [6, 6.07) is 5.35. The van der Waals surface area contributed by atoms with Crippen LogP contribution in [-0.2, 0) is 19.1 Å². The SMILES string of the molecule is C=CCOc1ccc2c(c1)C1C(CCCCO)C(CCCCO)C=C3C(=NOC(C)(C)C)CC(N(CCOCCO)C(=O)CCCCCCCCCCC)C(OCC=C)(O2)C31. The second-order valence-corrected chi connectivity index (χ2v) is 18.1. The molecule has 0 radical (unpaired) electrons. The van der Waals surface area contributed by atoms with E-state index < -0.39 is 23.3 Å². The molecule has 344 valence electrons. The molecule has 11 heteroatoms. The van der Waals surface area contributed by atoms with Gasteiger partial charge in [-0.2, -0.15) is 0 Å². The van der Waals surface area contributed by atoms with Gasteiger partial charge in [-0.15, -0.1) is 6.58 Å². The van der Waals surface area contributed by atoms with Crippen molar-refractivity contribution in [3.8, 4) is 11.5 Å². The quantitative estimate of drug-likeness (QED) is 0.0379. The monoisotopic (exact) mass is 853 g/mol. The Hall–Kier alpha value is -3.22. The minimum Gasteiger partial charge on any atom is -0.490 e. The third-order valence-electron chi connectivity index (χ3n) is 12.3. The Bertz CT molecular complexity index is 1540. The van der Waals surface area contributed by atoms with Crippen LogP contribution in [0.25, 0.3) is 0 Å². The zero-order valence-electron chi connectivity index (χ0n) is 38.1. The van der Waals surface area contributed by atoms with Crippen LogP contribution in [0.2, 0.25) is 0 Å². The van der Waals surface area contributed by atoms with Gasteiger partial charge in [0.25, 0.3) is 0 Å². The first-order chi connectivity index (χ1) is 29.6. The average molecular weight is 853 g/mol. The zero-order valence-corrected chi connectivity index (χ0v) is 38.1. The number of ether oxygens (including phenoxy) is 4. The fourth-order valence-corrected chi connectivity index (χ4v) is 9.60. The van der Waals surface area contributed by atoms with E-state index in [4.69, 9.17) is 28.9 Å². The van der Waals surface area contributed by atoms with E-state index in [0.717, 1.165) is 61.8 Å². The number of rotatable bonds is 31. The maximum Gasteiger partial charge on any atom is 0.239 e. The van der Waals surface area contributed by atoms with Crippen molar-refractivity contribution in [2.45, 2.75) is 160 Å². The van der Waals surface area contributed by atoms with E-state index in [0.29, 0.717) is 43.8 Å². The molecule has 1 heterocycles. The maximum atomic E-state index is 14.8. The number of nitrogens with zero attached hydrogens (tertiary/aromatic N) is 2. The predicted molar refractivity (Wildman–Crippen MR) is 243 cm³/mol. The van der Waals surface area contributed by atoms with E-state index in [9.17, 15) is 20.1 Å². The van der Waals surface area contributed by atoms with E-state index in [2.05, 4.69) is 32.2 Å². The molecule has 1 aliphatic heterocycles. The second kappa shape index (κ2) is 26.4. The van der Waals surface area contributed by atoms with Crippen LogP contribution < -0.4 is 9.47 Å². The number of amides is 1. The summed E-state index contributed by atoms with van der Waals surface area (Å²) in [4.78, 5) is 23.0. The molecule has 61 heavy (non-hydrogen) atoms. The van der Waals surface area contributed by atoms with E-state index in [1.165, 1.54) is 38.5 Å². The highest BCUT2D eigenvalue weighted by Crippen LogP contribution is 2.62. The third kappa shape index (κ3) is 14.4. The molecule has 1 fully saturated rings. The van der Waals surface area contributed by atoms with E-state index >= 15 is 0 Å². The van der Waals surface area contributed by atoms with Crippen molar-refractivity contribution < 1.29 is 43.9 Å². The Morgan fingerprint density at radius 2 is 1.59 bits per heavy atom. The van der Waals surface area contributed by atoms with E-state index in [1.54, 1.807) is 12.2 Å². The lowest BCUT2D eigenvalue weighted by molar-refractivity contribution is -0.258. The molecule has 3 N–H and O–H groups in total. The Morgan fingerprint density at radius 1 is 0.902 bits per heavy atom. The molecule has 0 spiro atoms. The molecule has 1 aromatic carbocycles. The summed E-state index contributed by atoms with van der Waals surface area (Å²) in [6.45, 7) is 17.4. The largest absolute Gasteiger partial charge is 0.490 e. The van der Waals surface area contributed by atoms with E-state index in [-0.39, 0.29) is 69.8 Å². The van der Waals surface area contributed by atoms with Crippen LogP contribution in [-0.4, -0.2) is 102 Å². The molecular weight excluding hydrogens is 773 g/mol. The molecule has 1 amide bonds. The summed E-state index contributed by atoms with van der Waals surface area (Å²) >= 11 is 0. The zero-order chi connectivity index (χ0) is 44.1. The fraction of sp³-hybridized carbons (Fsp3) is 0.720. The minimum atomic E-state index is -1.35. The van der Waals surface area contributed by atoms with Crippen molar-refractivity contribution in [2.75, 3.05) is 52.8 Å². The lowest BCUT2D eigenvalue weighted by Crippen LogP contribution is -2.70. The molecule has 0 aromatic heterocycles. The fourth-order valence-electron chi connectivity index (χ4n) is 9.60. The highest BCUT2D eigenvalue weighted by Gasteiger charge is 2.65. The molecule has 6 unspecified atom stereocenters. The van der Waals surface area contributed by atoms with Gasteiger partial charge in [-0.1, -0.05) is 101 Å². The number of oxime groups is 1. The van der Waals surface area contributed by atoms with Crippen molar-refractivity contribution in [1.29, 1.82) is 0 Å². The van der Waals surface area contributed by atoms with Crippen LogP contribution in [0.5, 0.6) is 11.5 Å². The van der Waals surface area contributed by atoms with Gasteiger partial charge in [0.2, 0.25) is 11.7 Å². The lowest BCUT2D eigenvalue weighted by Gasteiger charge is -2.60. The van der Waals surface area contributed by atoms with Crippen LogP contribution in [0.15, 0.2) is 60.3 Å². The molecule has 1 saturated carbocycles. The van der Waals surface area contributed by atoms with Crippen molar-refractivity contribution in [1.82, 2.24) is 4.90 Å². The van der Waals surface area contributed by atoms with Crippen LogP contribution in [0.4, 0.5) is 0 Å². The molecular formula is C50H80N2O9. The van der Waals surface area contributed by atoms with E-state index in [1.807, 2.05) is 37.8 Å². The first kappa shape index (κ1) is 50.4. The first-order valence-corrected chi connectivity index (χ1v) is 23.6. The number of carbonyl (C=O) groups is 1. The molecule has 1 aromatic rings. The number of unbranched alkanes of at least 4 members (excludes halogenated alkanes) is 10. The van der Waals surface area contributed by atoms with Crippen molar-refractivity contribution in [3.63, 3.8) is 0 Å². The average Bonchev–Trinajstić information content (AvgIpc) is 3.24. The van der Waals surface area contributed by atoms with Crippen LogP contribution in [0.3, 0.4) is 0 Å². The smallest absolute Gasteiger partial charge is 0.239 e. The number of carbonyl (C=O) groups excluding carboxylic acids is 1. The lowest BCUT2D eigenvalue weighted by atomic mass is 9.55. The Labute approximate surface area is 367 Å². The number of hydrogen-bond acceptors (Lipinski definition) is 10. The number of benzene rings is 1. The number of fused-ring (bicyclic) bond motifs is 2. The summed E-state index contributed by atoms with van der Waals surface area (Å²) in [7, 11) is 0. The third-order valence-corrected chi connectivity index (χ3v) is 12.3. The van der Waals surface area contributed by atoms with Gasteiger partial charge in [0.1, 0.15) is 29.7 Å². The molecule has 4 rings (SSSR count). The number of aliphatic hydroxyl groups excluding tert-OH is 3. The molecule has 0 bridgehead atoms. The second-order valence-electron chi connectivity index (χ2n) is 18.1. The molecule has 6 atom stereocenters. The van der Waals surface area contributed by atoms with Crippen molar-refractivity contribution in [3.05, 3.63) is 60.7 Å². The molecule has 2 aliphatic carbocycles. The van der Waals surface area contributed by atoms with Crippen molar-refractivity contribution in [2.24, 2.45) is 22.9 Å². The van der Waals surface area contributed by atoms with Crippen LogP contribution in [0.1, 0.15) is 148 Å². The topological polar surface area (TPSA) is 140 Å². The summed E-state index contributed by atoms with van der Waals surface area (Å²) in [5.74, 6) is -0.301. The number of allylic oxidation sites excluding steroid dienone is 1. The Morgan fingerprint density at radius 3 is 2.25 bits per heavy atom. The summed E-state index contributed by atoms with van der Waals surface area (Å²) in [6.07, 6.45) is 21.6. The van der Waals surface area contributed by atoms with Gasteiger partial charge in [0.15, 0.2) is 0 Å². The number of hydrogen-bond donors (Lipinski definition) is 3. The van der Waals surface area contributed by atoms with Gasteiger partial charge in [-0.3, -0.25) is 4.79 Å². The van der Waals surface area contributed by atoms with Gasteiger partial charge in [0, 0.05) is 44.1 Å². The Balaban J connectivity index is 1.91. The highest BCUT2D eigenvalue weighted by molar-refractivity contribution is 6.03. The maximum absolute atomic E-state index is 14.8. The van der Waals surface area contributed by atoms with Gasteiger partial charge in [-0.25, -0.2) is 0 Å². The van der Waals surface area contributed by atoms with Gasteiger partial charge in [0.05, 0.1) is 38.1 Å². The minimum absolute atomic E-state index is 0.00180. The normalized spacial score (nSPS) is 23.7. The Kier molecular flexibility index (Phi) is 21.8. The standard InChI is InChI=1S/C50H80N2O9/c1-7-10-11-12-13-14-15-16-17-24-46(56)52(27-33-57-34-30-55)45-37-43(51-61-49(4,5)6)41-35-38(22-18-20-28-53)40(23-19-21-29-54)47-42-36-39(58-31-8-2)25-26-44(42)60-50(45,48(41)47)59-32-9-3/h8-9,25-26,35-36,38,40,45,47-48,53-55H,2-3,7,10-24,27-34,37H2,1,4-6H3. The van der Waals surface area contributed by atoms with Gasteiger partial charge < -0.3 is 44.0 Å². The van der Waals surface area contributed by atoms with Crippen LogP contribution >= 0.6 is 0 Å². The summed E-state index contributed by atoms with van der Waals surface area (Å²) in [5, 5.41) is 34.4. The summed E-state index contributed by atoms with van der Waals surface area (Å²) in [5.41, 5.74) is 2.19. The first-order valence-electron chi connectivity index (χ1n) is 23.6.